The van der Waals surface area contributed by atoms with Crippen molar-refractivity contribution in [2.45, 2.75) is 85.2 Å². The summed E-state index contributed by atoms with van der Waals surface area (Å²) in [5.74, 6) is -3.66. The lowest BCUT2D eigenvalue weighted by Crippen LogP contribution is -2.33. The SMILES string of the molecule is C=Cc1cc(C(=O)Nc2ccc(C(=N)NC(=O)OCCC[C@H](O)C(=O)OC(C)(C)C)cc2)c(-c2ccc(C(=O)NCC3CC3)nc2C(=O)OC(C)OC(=O)C(C)C)cc1OC. The number of nitrogens with one attached hydrogen (secondary N) is 4. The summed E-state index contributed by atoms with van der Waals surface area (Å²) in [5, 5.41) is 26.2. The molecule has 1 saturated carbocycles. The van der Waals surface area contributed by atoms with Crippen LogP contribution in [0.2, 0.25) is 0 Å². The molecule has 1 fully saturated rings. The van der Waals surface area contributed by atoms with Crippen LogP contribution in [0.5, 0.6) is 5.75 Å². The van der Waals surface area contributed by atoms with Crippen LogP contribution in [0, 0.1) is 17.2 Å². The summed E-state index contributed by atoms with van der Waals surface area (Å²) in [6, 6.07) is 11.9. The Bertz CT molecular complexity index is 2140. The fourth-order valence-electron chi connectivity index (χ4n) is 5.54. The van der Waals surface area contributed by atoms with Crippen LogP contribution < -0.4 is 20.7 Å². The van der Waals surface area contributed by atoms with Crippen LogP contribution in [0.1, 0.15) is 110 Å². The van der Waals surface area contributed by atoms with Gasteiger partial charge in [-0.2, -0.15) is 0 Å². The van der Waals surface area contributed by atoms with Crippen molar-refractivity contribution in [2.75, 3.05) is 25.6 Å². The molecule has 1 aliphatic carbocycles. The van der Waals surface area contributed by atoms with Crippen molar-refractivity contribution in [1.82, 2.24) is 15.6 Å². The largest absolute Gasteiger partial charge is 0.496 e. The smallest absolute Gasteiger partial charge is 0.412 e. The number of esters is 3. The molecule has 0 spiro atoms. The first-order valence-corrected chi connectivity index (χ1v) is 19.7. The van der Waals surface area contributed by atoms with Gasteiger partial charge in [0.1, 0.15) is 22.9 Å². The van der Waals surface area contributed by atoms with E-state index in [-0.39, 0.29) is 58.9 Å². The number of pyridine rings is 1. The molecule has 326 valence electrons. The second-order valence-corrected chi connectivity index (χ2v) is 15.5. The molecule has 2 aromatic carbocycles. The molecule has 2 atom stereocenters. The highest BCUT2D eigenvalue weighted by molar-refractivity contribution is 6.11. The van der Waals surface area contributed by atoms with Crippen LogP contribution in [0.25, 0.3) is 17.2 Å². The van der Waals surface area contributed by atoms with Crippen molar-refractivity contribution in [2.24, 2.45) is 11.8 Å². The molecular formula is C44H53N5O12. The lowest BCUT2D eigenvalue weighted by molar-refractivity contribution is -0.169. The predicted octanol–water partition coefficient (Wildman–Crippen LogP) is 6.03. The molecule has 0 aliphatic heterocycles. The Morgan fingerprint density at radius 3 is 2.25 bits per heavy atom. The van der Waals surface area contributed by atoms with Gasteiger partial charge in [-0.15, -0.1) is 0 Å². The average Bonchev–Trinajstić information content (AvgIpc) is 4.05. The summed E-state index contributed by atoms with van der Waals surface area (Å²) in [6.07, 6.45) is 0.0506. The Kier molecular flexibility index (Phi) is 16.3. The van der Waals surface area contributed by atoms with Gasteiger partial charge >= 0.3 is 24.0 Å². The molecule has 3 aromatic rings. The number of hydrogen-bond donors (Lipinski definition) is 5. The quantitative estimate of drug-likeness (QED) is 0.0246. The van der Waals surface area contributed by atoms with E-state index in [4.69, 9.17) is 29.1 Å². The van der Waals surface area contributed by atoms with Crippen LogP contribution in [0.4, 0.5) is 10.5 Å². The number of methoxy groups -OCH3 is 1. The molecule has 17 nitrogen and oxygen atoms in total. The van der Waals surface area contributed by atoms with Gasteiger partial charge in [-0.25, -0.2) is 19.4 Å². The van der Waals surface area contributed by atoms with E-state index in [2.05, 4.69) is 27.5 Å². The Balaban J connectivity index is 1.53. The molecule has 5 N–H and O–H groups in total. The third kappa shape index (κ3) is 14.0. The zero-order valence-corrected chi connectivity index (χ0v) is 35.3. The van der Waals surface area contributed by atoms with Crippen molar-refractivity contribution >= 4 is 53.4 Å². The number of rotatable bonds is 18. The Morgan fingerprint density at radius 2 is 1.64 bits per heavy atom. The minimum Gasteiger partial charge on any atom is -0.496 e. The Hall–Kier alpha value is -6.62. The number of amidine groups is 1. The number of hydrogen-bond acceptors (Lipinski definition) is 14. The summed E-state index contributed by atoms with van der Waals surface area (Å²) in [4.78, 5) is 81.8. The maximum Gasteiger partial charge on any atom is 0.412 e. The first-order chi connectivity index (χ1) is 28.8. The number of ether oxygens (including phenoxy) is 5. The summed E-state index contributed by atoms with van der Waals surface area (Å²) in [6.45, 7) is 13.8. The van der Waals surface area contributed by atoms with Gasteiger partial charge in [-0.05, 0) is 101 Å². The van der Waals surface area contributed by atoms with E-state index in [1.807, 2.05) is 0 Å². The second-order valence-electron chi connectivity index (χ2n) is 15.5. The number of nitrogens with zero attached hydrogens (tertiary/aromatic N) is 1. The molecule has 3 amide bonds. The van der Waals surface area contributed by atoms with E-state index in [0.717, 1.165) is 12.8 Å². The summed E-state index contributed by atoms with van der Waals surface area (Å²) < 4.78 is 26.5. The van der Waals surface area contributed by atoms with Crippen LogP contribution in [0.3, 0.4) is 0 Å². The van der Waals surface area contributed by atoms with Gasteiger partial charge in [-0.3, -0.25) is 25.1 Å². The van der Waals surface area contributed by atoms with E-state index in [9.17, 15) is 33.9 Å². The number of carbonyl (C=O) groups excluding carboxylic acids is 6. The minimum absolute atomic E-state index is 0.00605. The molecule has 1 unspecified atom stereocenters. The molecule has 61 heavy (non-hydrogen) atoms. The van der Waals surface area contributed by atoms with Gasteiger partial charge in [-0.1, -0.05) is 26.5 Å². The van der Waals surface area contributed by atoms with Gasteiger partial charge < -0.3 is 39.4 Å². The molecule has 0 bridgehead atoms. The summed E-state index contributed by atoms with van der Waals surface area (Å²) in [5.41, 5.74) is 0.189. The molecule has 1 heterocycles. The Labute approximate surface area is 354 Å². The number of anilines is 1. The highest BCUT2D eigenvalue weighted by Gasteiger charge is 2.28. The number of benzene rings is 2. The van der Waals surface area contributed by atoms with Crippen molar-refractivity contribution in [3.05, 3.63) is 83.2 Å². The van der Waals surface area contributed by atoms with Gasteiger partial charge in [0.15, 0.2) is 11.8 Å². The molecular weight excluding hydrogens is 791 g/mol. The lowest BCUT2D eigenvalue weighted by atomic mass is 9.94. The van der Waals surface area contributed by atoms with Crippen molar-refractivity contribution in [3.8, 4) is 16.9 Å². The predicted molar refractivity (Wildman–Crippen MR) is 224 cm³/mol. The van der Waals surface area contributed by atoms with Crippen LogP contribution in [0.15, 0.2) is 55.1 Å². The van der Waals surface area contributed by atoms with E-state index in [1.165, 1.54) is 68.6 Å². The van der Waals surface area contributed by atoms with Crippen molar-refractivity contribution in [3.63, 3.8) is 0 Å². The third-order valence-corrected chi connectivity index (χ3v) is 8.91. The van der Waals surface area contributed by atoms with Gasteiger partial charge in [0.05, 0.1) is 19.6 Å². The molecule has 0 saturated heterocycles. The molecule has 0 radical (unpaired) electrons. The van der Waals surface area contributed by atoms with E-state index < -0.39 is 59.7 Å². The van der Waals surface area contributed by atoms with Crippen molar-refractivity contribution in [1.29, 1.82) is 5.41 Å². The highest BCUT2D eigenvalue weighted by Crippen LogP contribution is 2.35. The first kappa shape index (κ1) is 47.1. The number of aliphatic hydroxyl groups is 1. The summed E-state index contributed by atoms with van der Waals surface area (Å²) >= 11 is 0. The highest BCUT2D eigenvalue weighted by atomic mass is 16.7. The zero-order chi connectivity index (χ0) is 45.0. The number of aromatic nitrogens is 1. The normalized spacial score (nSPS) is 13.2. The number of aliphatic hydroxyl groups excluding tert-OH is 1. The fourth-order valence-corrected chi connectivity index (χ4v) is 5.54. The number of carbonyl (C=O) groups is 6. The van der Waals surface area contributed by atoms with Crippen LogP contribution >= 0.6 is 0 Å². The van der Waals surface area contributed by atoms with Crippen LogP contribution in [-0.4, -0.2) is 90.0 Å². The summed E-state index contributed by atoms with van der Waals surface area (Å²) in [7, 11) is 1.42. The van der Waals surface area contributed by atoms with E-state index in [1.54, 1.807) is 34.6 Å². The topological polar surface area (TPSA) is 242 Å². The number of amides is 3. The standard InChI is InChI=1S/C44H53N5O12/c1-9-27-21-32(38(51)47-29-16-14-28(15-17-29)37(45)49-43(56)58-20-10-11-34(50)41(54)61-44(5,6)7)31(22-35(27)57-8)30-18-19-33(39(52)46-23-26-12-13-26)48-36(30)42(55)60-25(4)59-40(53)24(2)3/h9,14-19,21-22,24-26,34,50H,1,10-13,20,23H2,2-8H3,(H,46,52)(H,47,51)(H2,45,49,56)/t25?,34-/m0/s1. The van der Waals surface area contributed by atoms with Gasteiger partial charge in [0, 0.05) is 47.0 Å². The molecule has 1 aromatic heterocycles. The first-order valence-electron chi connectivity index (χ1n) is 19.7. The lowest BCUT2D eigenvalue weighted by Gasteiger charge is -2.21. The van der Waals surface area contributed by atoms with E-state index >= 15 is 0 Å². The fraction of sp³-hybridized carbons (Fsp3) is 0.409. The second kappa shape index (κ2) is 21.1. The zero-order valence-electron chi connectivity index (χ0n) is 35.3. The maximum absolute atomic E-state index is 14.1. The monoisotopic (exact) mass is 843 g/mol. The molecule has 1 aliphatic rings. The Morgan fingerprint density at radius 1 is 0.951 bits per heavy atom. The minimum atomic E-state index is -1.37. The van der Waals surface area contributed by atoms with Gasteiger partial charge in [0.2, 0.25) is 6.29 Å². The molecule has 4 rings (SSSR count). The van der Waals surface area contributed by atoms with Crippen molar-refractivity contribution < 1.29 is 57.6 Å². The number of alkyl carbamates (subject to hydrolysis) is 1. The average molecular weight is 844 g/mol. The van der Waals surface area contributed by atoms with Gasteiger partial charge in [0.25, 0.3) is 11.8 Å². The van der Waals surface area contributed by atoms with E-state index in [0.29, 0.717) is 29.5 Å². The maximum atomic E-state index is 14.1. The molecule has 17 heteroatoms. The van der Waals surface area contributed by atoms with Crippen LogP contribution in [-0.2, 0) is 28.5 Å². The third-order valence-electron chi connectivity index (χ3n) is 8.91.